The summed E-state index contributed by atoms with van der Waals surface area (Å²) < 4.78 is 15.1. The Morgan fingerprint density at radius 2 is 2.20 bits per heavy atom. The molecule has 0 amide bonds. The van der Waals surface area contributed by atoms with E-state index >= 15 is 0 Å². The van der Waals surface area contributed by atoms with E-state index < -0.39 is 16.7 Å². The van der Waals surface area contributed by atoms with Crippen LogP contribution in [-0.4, -0.2) is 38.1 Å². The van der Waals surface area contributed by atoms with Crippen molar-refractivity contribution < 1.29 is 9.13 Å². The smallest absolute Gasteiger partial charge is 0.238 e. The molecular formula is C13H14ClFN2OS2. The van der Waals surface area contributed by atoms with Gasteiger partial charge in [-0.15, -0.1) is 0 Å². The number of halogens is 2. The van der Waals surface area contributed by atoms with Crippen LogP contribution in [0.1, 0.15) is 19.4 Å². The molecule has 0 aliphatic carbocycles. The SMILES string of the molecule is CN1C(=S)S[C@@H](/[N+]([O-])=C/c2c(F)cccc2Cl)C1(C)C. The number of hydrogen-bond acceptors (Lipinski definition) is 3. The van der Waals surface area contributed by atoms with Crippen molar-refractivity contribution in [2.75, 3.05) is 7.05 Å². The number of thioether (sulfide) groups is 1. The predicted molar refractivity (Wildman–Crippen MR) is 86.0 cm³/mol. The standard InChI is InChI=1S/C13H14ClFN2OS2/c1-13(2)11(20-12(19)16(13)3)17(18)7-8-9(14)5-4-6-10(8)15/h4-7,11H,1-3H3/b17-7-/t11-/m1/s1. The van der Waals surface area contributed by atoms with E-state index in [0.29, 0.717) is 4.32 Å². The Balaban J connectivity index is 2.39. The fourth-order valence-electron chi connectivity index (χ4n) is 1.91. The molecule has 0 radical (unpaired) electrons. The first-order valence-corrected chi connectivity index (χ1v) is 7.60. The minimum atomic E-state index is -0.518. The summed E-state index contributed by atoms with van der Waals surface area (Å²) in [6.45, 7) is 3.84. The lowest BCUT2D eigenvalue weighted by molar-refractivity contribution is -0.480. The number of rotatable bonds is 2. The van der Waals surface area contributed by atoms with Crippen LogP contribution in [0.4, 0.5) is 4.39 Å². The molecule has 20 heavy (non-hydrogen) atoms. The molecule has 7 heteroatoms. The summed E-state index contributed by atoms with van der Waals surface area (Å²) in [7, 11) is 1.85. The van der Waals surface area contributed by atoms with Crippen LogP contribution in [0, 0.1) is 11.0 Å². The molecule has 2 rings (SSSR count). The lowest BCUT2D eigenvalue weighted by Crippen LogP contribution is -2.47. The van der Waals surface area contributed by atoms with E-state index in [1.54, 1.807) is 6.07 Å². The number of nitrogens with zero attached hydrogens (tertiary/aromatic N) is 2. The van der Waals surface area contributed by atoms with Crippen LogP contribution in [0.3, 0.4) is 0 Å². The molecule has 1 aromatic carbocycles. The van der Waals surface area contributed by atoms with E-state index in [0.717, 1.165) is 4.74 Å². The number of hydroxylamine groups is 1. The van der Waals surface area contributed by atoms with Gasteiger partial charge in [0.15, 0.2) is 6.21 Å². The molecule has 108 valence electrons. The Kier molecular flexibility index (Phi) is 4.27. The molecule has 0 unspecified atom stereocenters. The Morgan fingerprint density at radius 1 is 1.55 bits per heavy atom. The highest BCUT2D eigenvalue weighted by Gasteiger charge is 2.48. The van der Waals surface area contributed by atoms with Crippen LogP contribution < -0.4 is 0 Å². The molecular weight excluding hydrogens is 319 g/mol. The van der Waals surface area contributed by atoms with Gasteiger partial charge < -0.3 is 10.1 Å². The van der Waals surface area contributed by atoms with E-state index in [4.69, 9.17) is 23.8 Å². The van der Waals surface area contributed by atoms with Crippen molar-refractivity contribution in [1.82, 2.24) is 4.90 Å². The molecule has 1 heterocycles. The van der Waals surface area contributed by atoms with E-state index in [9.17, 15) is 9.60 Å². The van der Waals surface area contributed by atoms with Crippen molar-refractivity contribution >= 4 is 46.1 Å². The van der Waals surface area contributed by atoms with Crippen molar-refractivity contribution in [1.29, 1.82) is 0 Å². The molecule has 1 aliphatic rings. The summed E-state index contributed by atoms with van der Waals surface area (Å²) in [5.74, 6) is -0.518. The fraction of sp³-hybridized carbons (Fsp3) is 0.385. The number of likely N-dealkylation sites (N-methyl/N-ethyl adjacent to an activating group) is 1. The van der Waals surface area contributed by atoms with Gasteiger partial charge in [-0.05, 0) is 37.7 Å². The average Bonchev–Trinajstić information content (AvgIpc) is 2.57. The predicted octanol–water partition coefficient (Wildman–Crippen LogP) is 3.48. The van der Waals surface area contributed by atoms with Gasteiger partial charge in [0.2, 0.25) is 5.37 Å². The zero-order valence-electron chi connectivity index (χ0n) is 11.3. The molecule has 1 aromatic rings. The second-order valence-electron chi connectivity index (χ2n) is 5.07. The van der Waals surface area contributed by atoms with Gasteiger partial charge in [0.1, 0.15) is 15.7 Å². The van der Waals surface area contributed by atoms with E-state index in [1.807, 2.05) is 25.8 Å². The summed E-state index contributed by atoms with van der Waals surface area (Å²) in [6.07, 6.45) is 1.19. The van der Waals surface area contributed by atoms with Gasteiger partial charge in [-0.2, -0.15) is 4.74 Å². The topological polar surface area (TPSA) is 29.3 Å². The second-order valence-corrected chi connectivity index (χ2v) is 7.19. The molecule has 0 saturated carbocycles. The molecule has 0 aromatic heterocycles. The summed E-state index contributed by atoms with van der Waals surface area (Å²) in [5, 5.41) is 12.1. The zero-order valence-corrected chi connectivity index (χ0v) is 13.7. The van der Waals surface area contributed by atoms with Crippen molar-refractivity contribution in [3.63, 3.8) is 0 Å². The maximum Gasteiger partial charge on any atom is 0.238 e. The van der Waals surface area contributed by atoms with Crippen LogP contribution in [0.5, 0.6) is 0 Å². The Labute approximate surface area is 132 Å². The molecule has 3 nitrogen and oxygen atoms in total. The quantitative estimate of drug-likeness (QED) is 0.273. The van der Waals surface area contributed by atoms with E-state index in [-0.39, 0.29) is 10.6 Å². The summed E-state index contributed by atoms with van der Waals surface area (Å²) in [4.78, 5) is 1.87. The zero-order chi connectivity index (χ0) is 15.1. The summed E-state index contributed by atoms with van der Waals surface area (Å²) in [6, 6.07) is 4.32. The average molecular weight is 333 g/mol. The van der Waals surface area contributed by atoms with Crippen LogP contribution in [0.15, 0.2) is 18.2 Å². The minimum Gasteiger partial charge on any atom is -0.623 e. The van der Waals surface area contributed by atoms with Gasteiger partial charge in [-0.25, -0.2) is 4.39 Å². The molecule has 1 atom stereocenters. The van der Waals surface area contributed by atoms with E-state index in [2.05, 4.69) is 0 Å². The first kappa shape index (κ1) is 15.5. The first-order valence-electron chi connectivity index (χ1n) is 5.94. The molecule has 0 bridgehead atoms. The normalized spacial score (nSPS) is 22.4. The second kappa shape index (κ2) is 5.50. The van der Waals surface area contributed by atoms with Gasteiger partial charge >= 0.3 is 0 Å². The van der Waals surface area contributed by atoms with Gasteiger partial charge in [0, 0.05) is 7.05 Å². The number of thiocarbonyl (C=S) groups is 1. The molecule has 1 saturated heterocycles. The fourth-order valence-corrected chi connectivity index (χ4v) is 3.83. The molecule has 0 spiro atoms. The minimum absolute atomic E-state index is 0.0982. The number of benzene rings is 1. The highest BCUT2D eigenvalue weighted by Crippen LogP contribution is 2.38. The lowest BCUT2D eigenvalue weighted by atomic mass is 10.0. The summed E-state index contributed by atoms with van der Waals surface area (Å²) in [5.41, 5.74) is -0.349. The van der Waals surface area contributed by atoms with Crippen LogP contribution in [0.25, 0.3) is 0 Å². The Morgan fingerprint density at radius 3 is 2.70 bits per heavy atom. The largest absolute Gasteiger partial charge is 0.623 e. The third-order valence-corrected chi connectivity index (χ3v) is 5.82. The van der Waals surface area contributed by atoms with Crippen molar-refractivity contribution in [2.45, 2.75) is 24.8 Å². The van der Waals surface area contributed by atoms with Gasteiger partial charge in [-0.3, -0.25) is 0 Å². The third-order valence-electron chi connectivity index (χ3n) is 3.44. The third kappa shape index (κ3) is 2.64. The van der Waals surface area contributed by atoms with Crippen LogP contribution >= 0.6 is 35.6 Å². The molecule has 1 fully saturated rings. The van der Waals surface area contributed by atoms with Crippen molar-refractivity contribution in [3.8, 4) is 0 Å². The van der Waals surface area contributed by atoms with Crippen LogP contribution in [0.2, 0.25) is 5.02 Å². The first-order chi connectivity index (χ1) is 9.25. The maximum atomic E-state index is 13.7. The molecule has 1 aliphatic heterocycles. The van der Waals surface area contributed by atoms with Crippen molar-refractivity contribution in [2.24, 2.45) is 0 Å². The monoisotopic (exact) mass is 332 g/mol. The highest BCUT2D eigenvalue weighted by molar-refractivity contribution is 8.23. The van der Waals surface area contributed by atoms with Gasteiger partial charge in [-0.1, -0.05) is 29.9 Å². The van der Waals surface area contributed by atoms with E-state index in [1.165, 1.54) is 30.1 Å². The highest BCUT2D eigenvalue weighted by atomic mass is 35.5. The maximum absolute atomic E-state index is 13.7. The summed E-state index contributed by atoms with van der Waals surface area (Å²) >= 11 is 12.4. The Hall–Kier alpha value is -0.850. The lowest BCUT2D eigenvalue weighted by Gasteiger charge is -2.30. The molecule has 0 N–H and O–H groups in total. The van der Waals surface area contributed by atoms with Gasteiger partial charge in [0.25, 0.3) is 0 Å². The van der Waals surface area contributed by atoms with Crippen molar-refractivity contribution in [3.05, 3.63) is 39.8 Å². The Bertz CT molecular complexity index is 571. The van der Waals surface area contributed by atoms with Crippen LogP contribution in [-0.2, 0) is 0 Å². The number of hydrogen-bond donors (Lipinski definition) is 0. The van der Waals surface area contributed by atoms with Gasteiger partial charge in [0.05, 0.1) is 10.6 Å².